The van der Waals surface area contributed by atoms with Gasteiger partial charge < -0.3 is 11.1 Å². The van der Waals surface area contributed by atoms with Crippen LogP contribution < -0.4 is 11.1 Å². The fraction of sp³-hybridized carbons (Fsp3) is 0.524. The molecule has 1 saturated carbocycles. The van der Waals surface area contributed by atoms with Crippen LogP contribution in [0.1, 0.15) is 40.6 Å². The number of carbonyl (C=O) groups is 4. The molecule has 3 aliphatic carbocycles. The number of allylic oxidation sites excluding steroid dienone is 2. The van der Waals surface area contributed by atoms with E-state index in [0.717, 1.165) is 41.0 Å². The van der Waals surface area contributed by atoms with Crippen LogP contribution in [-0.4, -0.2) is 35.1 Å². The Morgan fingerprint density at radius 3 is 2.48 bits per heavy atom. The number of anilines is 1. The molecule has 1 aliphatic heterocycles. The molecular formula is C21H23N3O4S. The number of carbonyl (C=O) groups excluding carboxylic acids is 4. The zero-order valence-corrected chi connectivity index (χ0v) is 17.0. The van der Waals surface area contributed by atoms with E-state index in [9.17, 15) is 19.2 Å². The number of thiophene rings is 1. The van der Waals surface area contributed by atoms with Gasteiger partial charge in [0.15, 0.2) is 0 Å². The number of amides is 4. The van der Waals surface area contributed by atoms with Crippen LogP contribution in [0, 0.1) is 29.6 Å². The minimum atomic E-state index is -0.558. The summed E-state index contributed by atoms with van der Waals surface area (Å²) in [5, 5.41) is 3.19. The van der Waals surface area contributed by atoms with E-state index in [2.05, 4.69) is 12.2 Å². The summed E-state index contributed by atoms with van der Waals surface area (Å²) in [7, 11) is 0. The lowest BCUT2D eigenvalue weighted by atomic mass is 9.85. The van der Waals surface area contributed by atoms with Gasteiger partial charge in [-0.25, -0.2) is 0 Å². The molecule has 1 aromatic heterocycles. The summed E-state index contributed by atoms with van der Waals surface area (Å²) in [6.45, 7) is 1.84. The van der Waals surface area contributed by atoms with E-state index >= 15 is 0 Å². The number of hydrogen-bond acceptors (Lipinski definition) is 5. The van der Waals surface area contributed by atoms with Crippen molar-refractivity contribution in [2.75, 3.05) is 11.9 Å². The van der Waals surface area contributed by atoms with Gasteiger partial charge in [0, 0.05) is 4.88 Å². The van der Waals surface area contributed by atoms with Gasteiger partial charge in [-0.2, -0.15) is 0 Å². The fourth-order valence-corrected chi connectivity index (χ4v) is 6.96. The van der Waals surface area contributed by atoms with Crippen molar-refractivity contribution in [1.82, 2.24) is 4.90 Å². The molecule has 2 heterocycles. The maximum Gasteiger partial charge on any atom is 0.251 e. The molecule has 1 aromatic rings. The van der Waals surface area contributed by atoms with Gasteiger partial charge in [-0.1, -0.05) is 19.1 Å². The van der Waals surface area contributed by atoms with Gasteiger partial charge in [-0.3, -0.25) is 24.1 Å². The Kier molecular flexibility index (Phi) is 4.17. The van der Waals surface area contributed by atoms with E-state index in [-0.39, 0.29) is 42.0 Å². The maximum absolute atomic E-state index is 12.8. The Labute approximate surface area is 172 Å². The highest BCUT2D eigenvalue weighted by Gasteiger charge is 2.59. The second-order valence-corrected chi connectivity index (χ2v) is 9.84. The molecule has 1 saturated heterocycles. The number of likely N-dealkylation sites (tertiary alicyclic amines) is 1. The van der Waals surface area contributed by atoms with Gasteiger partial charge in [0.05, 0.1) is 17.4 Å². The minimum absolute atomic E-state index is 0.113. The minimum Gasteiger partial charge on any atom is -0.365 e. The Hall–Kier alpha value is -2.48. The summed E-state index contributed by atoms with van der Waals surface area (Å²) >= 11 is 1.38. The van der Waals surface area contributed by atoms with Crippen molar-refractivity contribution in [2.24, 2.45) is 35.3 Å². The van der Waals surface area contributed by atoms with Crippen molar-refractivity contribution in [2.45, 2.75) is 32.6 Å². The van der Waals surface area contributed by atoms with Crippen LogP contribution in [0.2, 0.25) is 0 Å². The third-order valence-electron chi connectivity index (χ3n) is 6.87. The predicted molar refractivity (Wildman–Crippen MR) is 107 cm³/mol. The Bertz CT molecular complexity index is 951. The van der Waals surface area contributed by atoms with Crippen molar-refractivity contribution in [3.05, 3.63) is 28.2 Å². The van der Waals surface area contributed by atoms with Crippen LogP contribution in [0.25, 0.3) is 0 Å². The molecular weight excluding hydrogens is 390 g/mol. The van der Waals surface area contributed by atoms with Gasteiger partial charge in [-0.15, -0.1) is 11.3 Å². The van der Waals surface area contributed by atoms with Gasteiger partial charge in [-0.05, 0) is 49.0 Å². The molecule has 5 unspecified atom stereocenters. The zero-order chi connectivity index (χ0) is 20.4. The lowest BCUT2D eigenvalue weighted by Crippen LogP contribution is -2.39. The van der Waals surface area contributed by atoms with Crippen LogP contribution in [0.15, 0.2) is 12.2 Å². The first-order chi connectivity index (χ1) is 13.8. The molecule has 29 heavy (non-hydrogen) atoms. The number of rotatable bonds is 4. The highest BCUT2D eigenvalue weighted by Crippen LogP contribution is 2.52. The second kappa shape index (κ2) is 6.52. The van der Waals surface area contributed by atoms with Gasteiger partial charge >= 0.3 is 0 Å². The summed E-state index contributed by atoms with van der Waals surface area (Å²) < 4.78 is 0. The topological polar surface area (TPSA) is 110 Å². The predicted octanol–water partition coefficient (Wildman–Crippen LogP) is 1.72. The van der Waals surface area contributed by atoms with E-state index < -0.39 is 11.8 Å². The zero-order valence-electron chi connectivity index (χ0n) is 16.1. The lowest BCUT2D eigenvalue weighted by Gasteiger charge is -2.18. The van der Waals surface area contributed by atoms with Gasteiger partial charge in [0.1, 0.15) is 11.5 Å². The molecule has 2 bridgehead atoms. The molecule has 5 atom stereocenters. The standard InChI is InChI=1S/C21H23N3O4S/c1-9-2-5-12-13(6-9)29-19(17(12)18(22)26)23-14(25)8-24-20(27)15-10-3-4-11(7-10)16(15)21(24)28/h3-4,9-11,15-16H,2,5-8H2,1H3,(H2,22,26)(H,23,25). The number of primary amides is 1. The molecule has 0 radical (unpaired) electrons. The second-order valence-electron chi connectivity index (χ2n) is 8.73. The number of hydrogen-bond donors (Lipinski definition) is 2. The number of nitrogens with zero attached hydrogens (tertiary/aromatic N) is 1. The first-order valence-electron chi connectivity index (χ1n) is 10.1. The fourth-order valence-electron chi connectivity index (χ4n) is 5.53. The molecule has 7 nitrogen and oxygen atoms in total. The van der Waals surface area contributed by atoms with Crippen LogP contribution in [0.3, 0.4) is 0 Å². The van der Waals surface area contributed by atoms with E-state index in [1.807, 2.05) is 12.2 Å². The van der Waals surface area contributed by atoms with E-state index in [4.69, 9.17) is 5.73 Å². The van der Waals surface area contributed by atoms with Gasteiger partial charge in [0.2, 0.25) is 17.7 Å². The Balaban J connectivity index is 1.34. The first-order valence-corrected chi connectivity index (χ1v) is 10.9. The molecule has 4 amide bonds. The Morgan fingerprint density at radius 2 is 1.86 bits per heavy atom. The van der Waals surface area contributed by atoms with Crippen LogP contribution >= 0.6 is 11.3 Å². The van der Waals surface area contributed by atoms with Crippen LogP contribution in [-0.2, 0) is 27.2 Å². The molecule has 4 aliphatic rings. The molecule has 3 N–H and O–H groups in total. The number of nitrogens with one attached hydrogen (secondary N) is 1. The molecule has 2 fully saturated rings. The largest absolute Gasteiger partial charge is 0.365 e. The van der Waals surface area contributed by atoms with Crippen molar-refractivity contribution in [3.63, 3.8) is 0 Å². The van der Waals surface area contributed by atoms with Crippen molar-refractivity contribution in [3.8, 4) is 0 Å². The average Bonchev–Trinajstić information content (AvgIpc) is 3.40. The number of fused-ring (bicyclic) bond motifs is 6. The third-order valence-corrected chi connectivity index (χ3v) is 8.04. The van der Waals surface area contributed by atoms with Gasteiger partial charge in [0.25, 0.3) is 5.91 Å². The van der Waals surface area contributed by atoms with Crippen molar-refractivity contribution >= 4 is 40.0 Å². The summed E-state index contributed by atoms with van der Waals surface area (Å²) in [5.41, 5.74) is 6.90. The molecule has 5 rings (SSSR count). The smallest absolute Gasteiger partial charge is 0.251 e. The molecule has 0 spiro atoms. The van der Waals surface area contributed by atoms with Crippen LogP contribution in [0.5, 0.6) is 0 Å². The van der Waals surface area contributed by atoms with E-state index in [0.29, 0.717) is 16.5 Å². The summed E-state index contributed by atoms with van der Waals surface area (Å²) in [6.07, 6.45) is 7.51. The van der Waals surface area contributed by atoms with Crippen molar-refractivity contribution < 1.29 is 19.2 Å². The number of imide groups is 1. The third kappa shape index (κ3) is 2.76. The number of nitrogens with two attached hydrogens (primary N) is 1. The van der Waals surface area contributed by atoms with Crippen LogP contribution in [0.4, 0.5) is 5.00 Å². The maximum atomic E-state index is 12.8. The highest BCUT2D eigenvalue weighted by atomic mass is 32.1. The Morgan fingerprint density at radius 1 is 1.21 bits per heavy atom. The first kappa shape index (κ1) is 18.5. The normalized spacial score (nSPS) is 31.9. The lowest BCUT2D eigenvalue weighted by molar-refractivity contribution is -0.143. The SMILES string of the molecule is CC1CCc2c(sc(NC(=O)CN3C(=O)C4C5C=CC(C5)C4C3=O)c2C(N)=O)C1. The van der Waals surface area contributed by atoms with E-state index in [1.165, 1.54) is 11.3 Å². The summed E-state index contributed by atoms with van der Waals surface area (Å²) in [6, 6.07) is 0. The van der Waals surface area contributed by atoms with Crippen molar-refractivity contribution in [1.29, 1.82) is 0 Å². The molecule has 0 aromatic carbocycles. The summed E-state index contributed by atoms with van der Waals surface area (Å²) in [5.74, 6) is -1.41. The quantitative estimate of drug-likeness (QED) is 0.578. The molecule has 152 valence electrons. The van der Waals surface area contributed by atoms with E-state index in [1.54, 1.807) is 0 Å². The average molecular weight is 413 g/mol. The molecule has 8 heteroatoms. The monoisotopic (exact) mass is 413 g/mol. The summed E-state index contributed by atoms with van der Waals surface area (Å²) in [4.78, 5) is 52.4. The highest BCUT2D eigenvalue weighted by molar-refractivity contribution is 7.17.